The minimum absolute atomic E-state index is 0.250. The molecule has 0 atom stereocenters. The smallest absolute Gasteiger partial charge is 0.264 e. The highest BCUT2D eigenvalue weighted by Gasteiger charge is 1.93. The summed E-state index contributed by atoms with van der Waals surface area (Å²) in [4.78, 5) is 11.6. The van der Waals surface area contributed by atoms with E-state index in [-0.39, 0.29) is 5.91 Å². The number of carbonyl (C=O) groups excluding carboxylic acids is 1. The van der Waals surface area contributed by atoms with Gasteiger partial charge < -0.3 is 0 Å². The molecule has 0 bridgehead atoms. The van der Waals surface area contributed by atoms with Crippen LogP contribution in [0, 0.1) is 13.8 Å². The largest absolute Gasteiger partial charge is 0.268 e. The van der Waals surface area contributed by atoms with Crippen LogP contribution in [-0.2, 0) is 4.79 Å². The predicted octanol–water partition coefficient (Wildman–Crippen LogP) is 3.47. The van der Waals surface area contributed by atoms with Crippen LogP contribution in [0.15, 0.2) is 59.7 Å². The molecule has 106 valence electrons. The molecule has 2 rings (SSSR count). The second kappa shape index (κ2) is 7.20. The molecule has 0 saturated heterocycles. The van der Waals surface area contributed by atoms with E-state index in [0.717, 1.165) is 16.7 Å². The summed E-state index contributed by atoms with van der Waals surface area (Å²) in [6.45, 7) is 4.04. The SMILES string of the molecule is Cc1ccc(/C=C/C(=O)N/N=C\c2cccc(C)c2)cc1. The van der Waals surface area contributed by atoms with Gasteiger partial charge in [-0.05, 0) is 31.1 Å². The molecule has 3 heteroatoms. The fraction of sp³-hybridized carbons (Fsp3) is 0.111. The average Bonchev–Trinajstić information content (AvgIpc) is 2.47. The number of aryl methyl sites for hydroxylation is 2. The summed E-state index contributed by atoms with van der Waals surface area (Å²) < 4.78 is 0. The molecule has 0 aromatic heterocycles. The van der Waals surface area contributed by atoms with Gasteiger partial charge in [-0.1, -0.05) is 59.7 Å². The van der Waals surface area contributed by atoms with E-state index in [1.807, 2.05) is 62.4 Å². The van der Waals surface area contributed by atoms with Gasteiger partial charge in [0.2, 0.25) is 0 Å². The zero-order valence-electron chi connectivity index (χ0n) is 12.2. The van der Waals surface area contributed by atoms with Crippen LogP contribution in [0.3, 0.4) is 0 Å². The van der Waals surface area contributed by atoms with Crippen LogP contribution in [0.4, 0.5) is 0 Å². The highest BCUT2D eigenvalue weighted by atomic mass is 16.2. The first-order valence-electron chi connectivity index (χ1n) is 6.78. The van der Waals surface area contributed by atoms with Gasteiger partial charge in [0.05, 0.1) is 6.21 Å². The van der Waals surface area contributed by atoms with E-state index in [1.165, 1.54) is 11.6 Å². The molecule has 3 nitrogen and oxygen atoms in total. The average molecular weight is 278 g/mol. The Bertz CT molecular complexity index is 670. The van der Waals surface area contributed by atoms with E-state index < -0.39 is 0 Å². The Kier molecular flexibility index (Phi) is 5.04. The number of hydrogen-bond donors (Lipinski definition) is 1. The van der Waals surface area contributed by atoms with Gasteiger partial charge in [0.1, 0.15) is 0 Å². The first kappa shape index (κ1) is 14.7. The maximum atomic E-state index is 11.6. The number of nitrogens with one attached hydrogen (secondary N) is 1. The predicted molar refractivity (Wildman–Crippen MR) is 87.1 cm³/mol. The van der Waals surface area contributed by atoms with Gasteiger partial charge in [-0.25, -0.2) is 5.43 Å². The molecule has 1 N–H and O–H groups in total. The van der Waals surface area contributed by atoms with Crippen molar-refractivity contribution >= 4 is 18.2 Å². The third kappa shape index (κ3) is 5.07. The van der Waals surface area contributed by atoms with Gasteiger partial charge in [-0.2, -0.15) is 5.10 Å². The van der Waals surface area contributed by atoms with E-state index >= 15 is 0 Å². The number of amides is 1. The van der Waals surface area contributed by atoms with Crippen LogP contribution in [0.25, 0.3) is 6.08 Å². The highest BCUT2D eigenvalue weighted by Crippen LogP contribution is 2.04. The summed E-state index contributed by atoms with van der Waals surface area (Å²) in [6, 6.07) is 15.9. The maximum Gasteiger partial charge on any atom is 0.264 e. The Morgan fingerprint density at radius 2 is 1.76 bits per heavy atom. The molecule has 0 unspecified atom stereocenters. The Labute approximate surface area is 125 Å². The molecule has 0 heterocycles. The van der Waals surface area contributed by atoms with Crippen molar-refractivity contribution in [3.8, 4) is 0 Å². The first-order valence-corrected chi connectivity index (χ1v) is 6.78. The third-order valence-electron chi connectivity index (χ3n) is 2.94. The van der Waals surface area contributed by atoms with Gasteiger partial charge in [-0.15, -0.1) is 0 Å². The Balaban J connectivity index is 1.88. The summed E-state index contributed by atoms with van der Waals surface area (Å²) in [5.41, 5.74) is 6.77. The number of carbonyl (C=O) groups is 1. The van der Waals surface area contributed by atoms with Crippen LogP contribution in [0.1, 0.15) is 22.3 Å². The van der Waals surface area contributed by atoms with Crippen molar-refractivity contribution in [3.05, 3.63) is 76.9 Å². The van der Waals surface area contributed by atoms with Crippen LogP contribution < -0.4 is 5.43 Å². The zero-order chi connectivity index (χ0) is 15.1. The van der Waals surface area contributed by atoms with Gasteiger partial charge in [0.25, 0.3) is 5.91 Å². The Morgan fingerprint density at radius 3 is 2.48 bits per heavy atom. The monoisotopic (exact) mass is 278 g/mol. The van der Waals surface area contributed by atoms with Gasteiger partial charge in [-0.3, -0.25) is 4.79 Å². The third-order valence-corrected chi connectivity index (χ3v) is 2.94. The van der Waals surface area contributed by atoms with Gasteiger partial charge in [0.15, 0.2) is 0 Å². The van der Waals surface area contributed by atoms with Crippen molar-refractivity contribution < 1.29 is 4.79 Å². The van der Waals surface area contributed by atoms with Gasteiger partial charge >= 0.3 is 0 Å². The highest BCUT2D eigenvalue weighted by molar-refractivity contribution is 5.92. The summed E-state index contributed by atoms with van der Waals surface area (Å²) in [5.74, 6) is -0.250. The van der Waals surface area contributed by atoms with Crippen molar-refractivity contribution in [2.45, 2.75) is 13.8 Å². The molecule has 1 amide bonds. The lowest BCUT2D eigenvalue weighted by Gasteiger charge is -1.96. The number of nitrogens with zero attached hydrogens (tertiary/aromatic N) is 1. The van der Waals surface area contributed by atoms with Crippen LogP contribution >= 0.6 is 0 Å². The Morgan fingerprint density at radius 1 is 1.00 bits per heavy atom. The molecule has 2 aromatic rings. The summed E-state index contributed by atoms with van der Waals surface area (Å²) >= 11 is 0. The first-order chi connectivity index (χ1) is 10.1. The van der Waals surface area contributed by atoms with Crippen LogP contribution in [0.2, 0.25) is 0 Å². The number of hydrazone groups is 1. The fourth-order valence-electron chi connectivity index (χ4n) is 1.81. The van der Waals surface area contributed by atoms with E-state index in [0.29, 0.717) is 0 Å². The number of rotatable bonds is 4. The normalized spacial score (nSPS) is 11.1. The lowest BCUT2D eigenvalue weighted by molar-refractivity contribution is -0.116. The fourth-order valence-corrected chi connectivity index (χ4v) is 1.81. The summed E-state index contributed by atoms with van der Waals surface area (Å²) in [6.07, 6.45) is 4.86. The lowest BCUT2D eigenvalue weighted by atomic mass is 10.1. The number of hydrogen-bond acceptors (Lipinski definition) is 2. The van der Waals surface area contributed by atoms with Gasteiger partial charge in [0, 0.05) is 6.08 Å². The quantitative estimate of drug-likeness (QED) is 0.519. The van der Waals surface area contributed by atoms with Crippen LogP contribution in [-0.4, -0.2) is 12.1 Å². The van der Waals surface area contributed by atoms with E-state index in [4.69, 9.17) is 0 Å². The van der Waals surface area contributed by atoms with Crippen molar-refractivity contribution in [2.75, 3.05) is 0 Å². The molecule has 0 aliphatic rings. The minimum atomic E-state index is -0.250. The summed E-state index contributed by atoms with van der Waals surface area (Å²) in [7, 11) is 0. The second-order valence-corrected chi connectivity index (χ2v) is 4.89. The second-order valence-electron chi connectivity index (χ2n) is 4.89. The van der Waals surface area contributed by atoms with Crippen molar-refractivity contribution in [2.24, 2.45) is 5.10 Å². The molecule has 0 spiro atoms. The molecule has 0 saturated carbocycles. The van der Waals surface area contributed by atoms with E-state index in [9.17, 15) is 4.79 Å². The lowest BCUT2D eigenvalue weighted by Crippen LogP contribution is -2.14. The molecule has 0 fully saturated rings. The van der Waals surface area contributed by atoms with Crippen molar-refractivity contribution in [3.63, 3.8) is 0 Å². The molecule has 0 aliphatic heterocycles. The molecule has 2 aromatic carbocycles. The molecule has 21 heavy (non-hydrogen) atoms. The minimum Gasteiger partial charge on any atom is -0.268 e. The standard InChI is InChI=1S/C18H18N2O/c1-14-6-8-16(9-7-14)10-11-18(21)20-19-13-17-5-3-4-15(2)12-17/h3-13H,1-2H3,(H,20,21)/b11-10+,19-13-. The Hall–Kier alpha value is -2.68. The summed E-state index contributed by atoms with van der Waals surface area (Å²) in [5, 5.41) is 3.93. The van der Waals surface area contributed by atoms with Crippen LogP contribution in [0.5, 0.6) is 0 Å². The van der Waals surface area contributed by atoms with Crippen molar-refractivity contribution in [1.82, 2.24) is 5.43 Å². The van der Waals surface area contributed by atoms with Crippen molar-refractivity contribution in [1.29, 1.82) is 0 Å². The van der Waals surface area contributed by atoms with E-state index in [2.05, 4.69) is 10.5 Å². The van der Waals surface area contributed by atoms with E-state index in [1.54, 1.807) is 12.3 Å². The molecular formula is C18H18N2O. The molecule has 0 aliphatic carbocycles. The topological polar surface area (TPSA) is 41.5 Å². The zero-order valence-corrected chi connectivity index (χ0v) is 12.2. The maximum absolute atomic E-state index is 11.6. The molecule has 0 radical (unpaired) electrons. The number of benzene rings is 2. The molecular weight excluding hydrogens is 260 g/mol.